The van der Waals surface area contributed by atoms with Gasteiger partial charge in [0.1, 0.15) is 19.3 Å². The summed E-state index contributed by atoms with van der Waals surface area (Å²) in [6, 6.07) is 0. The van der Waals surface area contributed by atoms with E-state index in [2.05, 4.69) is 5.32 Å². The van der Waals surface area contributed by atoms with E-state index in [4.69, 9.17) is 20.3 Å². The van der Waals surface area contributed by atoms with Crippen molar-refractivity contribution in [2.24, 2.45) is 5.73 Å². The third-order valence-corrected chi connectivity index (χ3v) is 7.23. The molecule has 2 amide bonds. The summed E-state index contributed by atoms with van der Waals surface area (Å²) >= 11 is 5.60. The van der Waals surface area contributed by atoms with E-state index in [-0.39, 0.29) is 46.7 Å². The van der Waals surface area contributed by atoms with Gasteiger partial charge >= 0.3 is 5.97 Å². The summed E-state index contributed by atoms with van der Waals surface area (Å²) in [5.74, 6) is -1.84. The van der Waals surface area contributed by atoms with Gasteiger partial charge in [-0.1, -0.05) is 0 Å². The van der Waals surface area contributed by atoms with E-state index in [0.717, 1.165) is 0 Å². The van der Waals surface area contributed by atoms with Crippen LogP contribution >= 0.6 is 67.8 Å². The normalized spacial score (nSPS) is 12.8. The number of ether oxygens (including phenoxy) is 2. The lowest BCUT2D eigenvalue weighted by atomic mass is 10.1. The number of nitrogens with two attached hydrogens (primary N) is 1. The Morgan fingerprint density at radius 3 is 2.22 bits per heavy atom. The van der Waals surface area contributed by atoms with Gasteiger partial charge < -0.3 is 40.7 Å². The minimum Gasteiger partial charge on any atom is -0.459 e. The molecule has 0 radical (unpaired) electrons. The van der Waals surface area contributed by atoms with E-state index in [1.165, 1.54) is 19.1 Å². The first kappa shape index (κ1) is 29.7. The van der Waals surface area contributed by atoms with Crippen molar-refractivity contribution in [3.8, 4) is 0 Å². The molecule has 2 atom stereocenters. The van der Waals surface area contributed by atoms with Crippen molar-refractivity contribution in [2.45, 2.75) is 12.2 Å². The van der Waals surface area contributed by atoms with Crippen molar-refractivity contribution in [1.82, 2.24) is 4.90 Å². The number of rotatable bonds is 11. The number of esters is 1. The zero-order chi connectivity index (χ0) is 24.6. The summed E-state index contributed by atoms with van der Waals surface area (Å²) in [6.07, 6.45) is -2.20. The highest BCUT2D eigenvalue weighted by molar-refractivity contribution is 14.1. The van der Waals surface area contributed by atoms with Gasteiger partial charge in [0.2, 0.25) is 5.91 Å². The molecular weight excluding hydrogens is 767 g/mol. The van der Waals surface area contributed by atoms with Crippen molar-refractivity contribution < 1.29 is 39.2 Å². The number of nitrogens with zero attached hydrogens (tertiary/aromatic N) is 1. The molecule has 1 rings (SSSR count). The van der Waals surface area contributed by atoms with E-state index >= 15 is 0 Å². The fourth-order valence-corrected chi connectivity index (χ4v) is 6.74. The predicted octanol–water partition coefficient (Wildman–Crippen LogP) is -0.0131. The number of nitrogens with one attached hydrogen (secondary N) is 1. The lowest BCUT2D eigenvalue weighted by Gasteiger charge is -2.24. The molecule has 0 fully saturated rings. The molecule has 0 spiro atoms. The number of halogens is 3. The summed E-state index contributed by atoms with van der Waals surface area (Å²) in [5.41, 5.74) is 5.70. The van der Waals surface area contributed by atoms with Crippen molar-refractivity contribution in [1.29, 1.82) is 0 Å². The Morgan fingerprint density at radius 1 is 1.09 bits per heavy atom. The van der Waals surface area contributed by atoms with Crippen LogP contribution in [0.3, 0.4) is 0 Å². The van der Waals surface area contributed by atoms with Gasteiger partial charge in [0.15, 0.2) is 0 Å². The van der Waals surface area contributed by atoms with Gasteiger partial charge in [0, 0.05) is 30.8 Å². The summed E-state index contributed by atoms with van der Waals surface area (Å²) in [7, 11) is 2.79. The highest BCUT2D eigenvalue weighted by atomic mass is 127. The predicted molar refractivity (Wildman–Crippen MR) is 140 cm³/mol. The van der Waals surface area contributed by atoms with Crippen molar-refractivity contribution in [2.75, 3.05) is 52.4 Å². The molecule has 0 saturated heterocycles. The summed E-state index contributed by atoms with van der Waals surface area (Å²) in [4.78, 5) is 39.4. The third kappa shape index (κ3) is 7.84. The number of likely N-dealkylation sites (N-methyl/N-ethyl adjacent to an activating group) is 1. The maximum absolute atomic E-state index is 13.2. The lowest BCUT2D eigenvalue weighted by molar-refractivity contribution is -0.119. The number of aliphatic hydroxyl groups is 3. The zero-order valence-corrected chi connectivity index (χ0v) is 23.7. The van der Waals surface area contributed by atoms with Crippen molar-refractivity contribution in [3.63, 3.8) is 0 Å². The SMILES string of the molecule is COCC(=O)Nc1c(I)c(C(=O)OCC(O)CN)c(I)c(C(=O)N(C)CC(O)CO)c1I. The minimum atomic E-state index is -1.15. The number of amides is 2. The van der Waals surface area contributed by atoms with Crippen LogP contribution in [0.25, 0.3) is 0 Å². The van der Waals surface area contributed by atoms with Crippen molar-refractivity contribution in [3.05, 3.63) is 21.8 Å². The summed E-state index contributed by atoms with van der Waals surface area (Å²) in [6.45, 7) is -1.37. The standard InChI is InChI=1S/C18H24I3N3O8/c1-24(4-9(27)5-25)17(29)11-13(19)12(18(30)32-6-8(26)3-22)15(21)16(14(11)20)23-10(28)7-31-2/h8-9,25-27H,3-7,22H2,1-2H3,(H,23,28). The highest BCUT2D eigenvalue weighted by Crippen LogP contribution is 2.36. The van der Waals surface area contributed by atoms with Gasteiger partial charge in [-0.05, 0) is 67.8 Å². The van der Waals surface area contributed by atoms with Crippen LogP contribution in [-0.4, -0.2) is 97.3 Å². The number of benzene rings is 1. The van der Waals surface area contributed by atoms with E-state index in [0.29, 0.717) is 7.14 Å². The number of hydrogen-bond acceptors (Lipinski definition) is 9. The number of methoxy groups -OCH3 is 1. The van der Waals surface area contributed by atoms with Gasteiger partial charge in [0.05, 0.1) is 36.7 Å². The molecule has 2 unspecified atom stereocenters. The van der Waals surface area contributed by atoms with Gasteiger partial charge in [-0.25, -0.2) is 4.79 Å². The maximum atomic E-state index is 13.2. The van der Waals surface area contributed by atoms with E-state index in [9.17, 15) is 24.6 Å². The van der Waals surface area contributed by atoms with Crippen LogP contribution in [0.1, 0.15) is 20.7 Å². The average molecular weight is 791 g/mol. The van der Waals surface area contributed by atoms with Gasteiger partial charge in [-0.15, -0.1) is 0 Å². The molecular formula is C18H24I3N3O8. The van der Waals surface area contributed by atoms with Crippen LogP contribution in [0.4, 0.5) is 5.69 Å². The van der Waals surface area contributed by atoms with Crippen LogP contribution in [0.5, 0.6) is 0 Å². The van der Waals surface area contributed by atoms with Crippen LogP contribution in [0, 0.1) is 10.7 Å². The summed E-state index contributed by atoms with van der Waals surface area (Å²) in [5, 5.41) is 31.0. The average Bonchev–Trinajstić information content (AvgIpc) is 2.74. The molecule has 180 valence electrons. The number of carbonyl (C=O) groups is 3. The first-order chi connectivity index (χ1) is 15.0. The second-order valence-electron chi connectivity index (χ2n) is 6.56. The molecule has 14 heteroatoms. The largest absolute Gasteiger partial charge is 0.459 e. The molecule has 0 aliphatic heterocycles. The fraction of sp³-hybridized carbons (Fsp3) is 0.500. The van der Waals surface area contributed by atoms with Gasteiger partial charge in [0.25, 0.3) is 5.91 Å². The van der Waals surface area contributed by atoms with Crippen LogP contribution in [-0.2, 0) is 14.3 Å². The molecule has 0 bridgehead atoms. The molecule has 11 nitrogen and oxygen atoms in total. The van der Waals surface area contributed by atoms with E-state index < -0.39 is 36.6 Å². The third-order valence-electron chi connectivity index (χ3n) is 4.00. The number of hydrogen-bond donors (Lipinski definition) is 5. The summed E-state index contributed by atoms with van der Waals surface area (Å²) < 4.78 is 11.0. The van der Waals surface area contributed by atoms with Crippen LogP contribution < -0.4 is 11.1 Å². The number of anilines is 1. The maximum Gasteiger partial charge on any atom is 0.340 e. The lowest BCUT2D eigenvalue weighted by Crippen LogP contribution is -2.37. The second-order valence-corrected chi connectivity index (χ2v) is 9.79. The Hall–Kier alpha value is -0.380. The van der Waals surface area contributed by atoms with Crippen LogP contribution in [0.15, 0.2) is 0 Å². The Bertz CT molecular complexity index is 855. The second kappa shape index (κ2) is 14.1. The first-order valence-electron chi connectivity index (χ1n) is 9.08. The molecule has 1 aromatic carbocycles. The van der Waals surface area contributed by atoms with E-state index in [1.54, 1.807) is 0 Å². The van der Waals surface area contributed by atoms with Gasteiger partial charge in [-0.3, -0.25) is 9.59 Å². The Balaban J connectivity index is 3.57. The molecule has 6 N–H and O–H groups in total. The Kier molecular flexibility index (Phi) is 13.1. The van der Waals surface area contributed by atoms with Crippen LogP contribution in [0.2, 0.25) is 0 Å². The topological polar surface area (TPSA) is 172 Å². The molecule has 0 aliphatic rings. The number of aliphatic hydroxyl groups excluding tert-OH is 3. The highest BCUT2D eigenvalue weighted by Gasteiger charge is 2.31. The molecule has 0 aliphatic carbocycles. The minimum absolute atomic E-state index is 0.0306. The molecule has 0 aromatic heterocycles. The monoisotopic (exact) mass is 791 g/mol. The molecule has 0 saturated carbocycles. The quantitative estimate of drug-likeness (QED) is 0.153. The van der Waals surface area contributed by atoms with E-state index in [1.807, 2.05) is 67.8 Å². The number of carbonyl (C=O) groups excluding carboxylic acids is 3. The molecule has 0 heterocycles. The Morgan fingerprint density at radius 2 is 1.69 bits per heavy atom. The smallest absolute Gasteiger partial charge is 0.340 e. The van der Waals surface area contributed by atoms with Crippen molar-refractivity contribution >= 4 is 91.2 Å². The molecule has 32 heavy (non-hydrogen) atoms. The Labute approximate surface area is 225 Å². The first-order valence-corrected chi connectivity index (χ1v) is 12.3. The molecule has 1 aromatic rings. The fourth-order valence-electron chi connectivity index (χ4n) is 2.41. The zero-order valence-electron chi connectivity index (χ0n) is 17.2. The van der Waals surface area contributed by atoms with Gasteiger partial charge in [-0.2, -0.15) is 0 Å².